The minimum absolute atomic E-state index is 0.00543. The third-order valence-corrected chi connectivity index (χ3v) is 10.5. The van der Waals surface area contributed by atoms with Crippen LogP contribution >= 0.6 is 0 Å². The number of ether oxygens (including phenoxy) is 1. The molecule has 4 heteroatoms. The van der Waals surface area contributed by atoms with Crippen LogP contribution < -0.4 is 0 Å². The molecule has 2 aromatic rings. The topological polar surface area (TPSA) is 32.8 Å². The fraction of sp³-hybridized carbons (Fsp3) is 0.606. The van der Waals surface area contributed by atoms with Gasteiger partial charge in [-0.3, -0.25) is 9.69 Å². The average molecular weight is 501 g/mol. The number of fused-ring (bicyclic) bond motifs is 1. The second-order valence-corrected chi connectivity index (χ2v) is 12.3. The van der Waals surface area contributed by atoms with Crippen molar-refractivity contribution in [2.45, 2.75) is 75.2 Å². The highest BCUT2D eigenvalue weighted by Crippen LogP contribution is 2.67. The first-order chi connectivity index (χ1) is 18.1. The molecule has 0 N–H and O–H groups in total. The van der Waals surface area contributed by atoms with Crippen LogP contribution in [-0.4, -0.2) is 61.1 Å². The van der Waals surface area contributed by atoms with Gasteiger partial charge in [-0.05, 0) is 95.0 Å². The lowest BCUT2D eigenvalue weighted by atomic mass is 9.52. The lowest BCUT2D eigenvalue weighted by molar-refractivity contribution is -0.149. The maximum Gasteiger partial charge on any atom is 0.310 e. The molecular weight excluding hydrogens is 456 g/mol. The molecule has 3 aliphatic heterocycles. The van der Waals surface area contributed by atoms with E-state index in [-0.39, 0.29) is 11.9 Å². The van der Waals surface area contributed by atoms with E-state index < -0.39 is 0 Å². The Labute approximate surface area is 223 Å². The molecule has 3 unspecified atom stereocenters. The van der Waals surface area contributed by atoms with Crippen molar-refractivity contribution in [2.75, 3.05) is 39.3 Å². The van der Waals surface area contributed by atoms with E-state index in [4.69, 9.17) is 4.74 Å². The number of hydrogen-bond acceptors (Lipinski definition) is 4. The van der Waals surface area contributed by atoms with Gasteiger partial charge in [-0.25, -0.2) is 0 Å². The predicted molar refractivity (Wildman–Crippen MR) is 149 cm³/mol. The molecule has 4 bridgehead atoms. The van der Waals surface area contributed by atoms with Gasteiger partial charge in [0.15, 0.2) is 0 Å². The Morgan fingerprint density at radius 3 is 2.11 bits per heavy atom. The highest BCUT2D eigenvalue weighted by atomic mass is 16.5. The summed E-state index contributed by atoms with van der Waals surface area (Å²) in [6.45, 7) is 7.97. The molecule has 2 aromatic carbocycles. The van der Waals surface area contributed by atoms with Crippen LogP contribution in [0, 0.1) is 11.8 Å². The molecule has 7 rings (SSSR count). The number of rotatable bonds is 9. The Hall–Kier alpha value is -2.17. The van der Waals surface area contributed by atoms with Crippen molar-refractivity contribution in [3.05, 3.63) is 71.8 Å². The smallest absolute Gasteiger partial charge is 0.310 e. The second kappa shape index (κ2) is 10.5. The zero-order valence-corrected chi connectivity index (χ0v) is 22.6. The normalized spacial score (nSPS) is 33.5. The van der Waals surface area contributed by atoms with E-state index >= 15 is 0 Å². The number of nitrogens with zero attached hydrogens (tertiary/aromatic N) is 2. The Balaban J connectivity index is 1.10. The van der Waals surface area contributed by atoms with Gasteiger partial charge in [0.05, 0.1) is 12.5 Å². The summed E-state index contributed by atoms with van der Waals surface area (Å²) in [7, 11) is 0. The first-order valence-corrected chi connectivity index (χ1v) is 14.9. The molecule has 0 amide bonds. The molecule has 2 aliphatic carbocycles. The molecule has 3 saturated heterocycles. The lowest BCUT2D eigenvalue weighted by Gasteiger charge is -2.60. The molecule has 198 valence electrons. The van der Waals surface area contributed by atoms with E-state index in [2.05, 4.69) is 70.5 Å². The number of carbonyl (C=O) groups excluding carboxylic acids is 1. The van der Waals surface area contributed by atoms with Crippen LogP contribution in [0.1, 0.15) is 69.4 Å². The first-order valence-electron chi connectivity index (χ1n) is 14.9. The highest BCUT2D eigenvalue weighted by molar-refractivity contribution is 5.72. The van der Waals surface area contributed by atoms with E-state index in [9.17, 15) is 4.79 Å². The van der Waals surface area contributed by atoms with Gasteiger partial charge >= 0.3 is 5.97 Å². The minimum atomic E-state index is 0.00543. The number of likely N-dealkylation sites (tertiary alicyclic amines) is 1. The summed E-state index contributed by atoms with van der Waals surface area (Å²) >= 11 is 0. The molecular formula is C33H44N2O2. The number of piperidine rings is 3. The Bertz CT molecular complexity index is 1000. The SMILES string of the molecule is CCOC(=O)C1CCCN(CCCCN2CC3C4(c5ccccc5)CCC3(c3ccccc3)CC2C4)C1. The largest absolute Gasteiger partial charge is 0.466 e. The van der Waals surface area contributed by atoms with Crippen LogP contribution in [0.15, 0.2) is 60.7 Å². The predicted octanol–water partition coefficient (Wildman–Crippen LogP) is 5.81. The third-order valence-electron chi connectivity index (χ3n) is 10.5. The minimum Gasteiger partial charge on any atom is -0.466 e. The third kappa shape index (κ3) is 4.55. The van der Waals surface area contributed by atoms with Crippen LogP contribution in [0.3, 0.4) is 0 Å². The van der Waals surface area contributed by atoms with Crippen LogP contribution in [0.25, 0.3) is 0 Å². The summed E-state index contributed by atoms with van der Waals surface area (Å²) in [6, 6.07) is 23.7. The molecule has 4 nitrogen and oxygen atoms in total. The van der Waals surface area contributed by atoms with Crippen molar-refractivity contribution >= 4 is 5.97 Å². The van der Waals surface area contributed by atoms with Crippen LogP contribution in [-0.2, 0) is 20.4 Å². The van der Waals surface area contributed by atoms with Gasteiger partial charge in [-0.1, -0.05) is 60.7 Å². The van der Waals surface area contributed by atoms with Crippen LogP contribution in [0.2, 0.25) is 0 Å². The van der Waals surface area contributed by atoms with Gasteiger partial charge in [0.2, 0.25) is 0 Å². The number of hydrogen-bond donors (Lipinski definition) is 0. The Morgan fingerprint density at radius 2 is 1.51 bits per heavy atom. The second-order valence-electron chi connectivity index (χ2n) is 12.3. The summed E-state index contributed by atoms with van der Waals surface area (Å²) in [5.74, 6) is 0.776. The van der Waals surface area contributed by atoms with Gasteiger partial charge in [-0.15, -0.1) is 0 Å². The number of benzene rings is 2. The quantitative estimate of drug-likeness (QED) is 0.322. The Morgan fingerprint density at radius 1 is 0.892 bits per heavy atom. The number of unbranched alkanes of at least 4 members (excludes halogenated alkanes) is 1. The maximum absolute atomic E-state index is 12.2. The number of carbonyl (C=O) groups is 1. The molecule has 5 aliphatic rings. The fourth-order valence-electron chi connectivity index (χ4n) is 8.82. The molecule has 0 spiro atoms. The molecule has 37 heavy (non-hydrogen) atoms. The van der Waals surface area contributed by atoms with E-state index in [0.717, 1.165) is 32.5 Å². The zero-order chi connectivity index (χ0) is 25.3. The zero-order valence-electron chi connectivity index (χ0n) is 22.6. The highest BCUT2D eigenvalue weighted by Gasteiger charge is 2.66. The standard InChI is InChI=1S/C33H44N2O2/c1-2-37-31(36)26-12-11-20-34(24-26)19-9-10-21-35-25-30-32(27-13-5-3-6-14-27)17-18-33(30,23-29(35)22-32)28-15-7-4-8-16-28/h3-8,13-16,26,29-30H,2,9-12,17-25H2,1H3. The molecule has 2 saturated carbocycles. The van der Waals surface area contributed by atoms with Gasteiger partial charge in [-0.2, -0.15) is 0 Å². The maximum atomic E-state index is 12.2. The van der Waals surface area contributed by atoms with Crippen LogP contribution in [0.5, 0.6) is 0 Å². The summed E-state index contributed by atoms with van der Waals surface area (Å²) in [6.07, 6.45) is 9.88. The van der Waals surface area contributed by atoms with E-state index in [0.29, 0.717) is 29.4 Å². The molecule has 5 fully saturated rings. The average Bonchev–Trinajstić information content (AvgIpc) is 3.18. The van der Waals surface area contributed by atoms with Crippen molar-refractivity contribution in [3.63, 3.8) is 0 Å². The first kappa shape index (κ1) is 25.1. The van der Waals surface area contributed by atoms with Gasteiger partial charge < -0.3 is 9.64 Å². The van der Waals surface area contributed by atoms with E-state index in [1.807, 2.05) is 6.92 Å². The van der Waals surface area contributed by atoms with Crippen molar-refractivity contribution in [1.82, 2.24) is 9.80 Å². The summed E-state index contributed by atoms with van der Waals surface area (Å²) in [5, 5.41) is 0. The number of esters is 1. The fourth-order valence-corrected chi connectivity index (χ4v) is 8.82. The molecule has 3 atom stereocenters. The van der Waals surface area contributed by atoms with Gasteiger partial charge in [0, 0.05) is 30.0 Å². The molecule has 3 heterocycles. The monoisotopic (exact) mass is 500 g/mol. The summed E-state index contributed by atoms with van der Waals surface area (Å²) < 4.78 is 5.29. The van der Waals surface area contributed by atoms with E-state index in [1.165, 1.54) is 51.6 Å². The van der Waals surface area contributed by atoms with E-state index in [1.54, 1.807) is 11.1 Å². The lowest BCUT2D eigenvalue weighted by Crippen LogP contribution is -2.63. The van der Waals surface area contributed by atoms with Crippen molar-refractivity contribution in [2.24, 2.45) is 11.8 Å². The van der Waals surface area contributed by atoms with Crippen LogP contribution in [0.4, 0.5) is 0 Å². The van der Waals surface area contributed by atoms with Crippen molar-refractivity contribution in [3.8, 4) is 0 Å². The van der Waals surface area contributed by atoms with Crippen molar-refractivity contribution in [1.29, 1.82) is 0 Å². The molecule has 0 radical (unpaired) electrons. The van der Waals surface area contributed by atoms with Gasteiger partial charge in [0.1, 0.15) is 0 Å². The van der Waals surface area contributed by atoms with Gasteiger partial charge in [0.25, 0.3) is 0 Å². The summed E-state index contributed by atoms with van der Waals surface area (Å²) in [5.41, 5.74) is 3.85. The Kier molecular flexibility index (Phi) is 7.15. The summed E-state index contributed by atoms with van der Waals surface area (Å²) in [4.78, 5) is 17.6. The van der Waals surface area contributed by atoms with Crippen molar-refractivity contribution < 1.29 is 9.53 Å². The molecule has 0 aromatic heterocycles.